The molecule has 0 aliphatic carbocycles. The van der Waals surface area contributed by atoms with Crippen LogP contribution >= 0.6 is 0 Å². The Morgan fingerprint density at radius 1 is 1.21 bits per heavy atom. The first-order valence-electron chi connectivity index (χ1n) is 5.24. The molecular formula is C13H19N. The van der Waals surface area contributed by atoms with Crippen LogP contribution in [0.1, 0.15) is 25.0 Å². The molecule has 0 spiro atoms. The van der Waals surface area contributed by atoms with Crippen LogP contribution in [0.25, 0.3) is 6.08 Å². The van der Waals surface area contributed by atoms with Crippen LogP contribution in [0.15, 0.2) is 30.8 Å². The molecule has 0 N–H and O–H groups in total. The van der Waals surface area contributed by atoms with Crippen LogP contribution in [0.3, 0.4) is 0 Å². The van der Waals surface area contributed by atoms with Crippen molar-refractivity contribution in [3.63, 3.8) is 0 Å². The van der Waals surface area contributed by atoms with E-state index < -0.39 is 0 Å². The lowest BCUT2D eigenvalue weighted by molar-refractivity contribution is 0.295. The van der Waals surface area contributed by atoms with Crippen molar-refractivity contribution < 1.29 is 0 Å². The lowest BCUT2D eigenvalue weighted by Crippen LogP contribution is -2.22. The maximum absolute atomic E-state index is 3.83. The van der Waals surface area contributed by atoms with E-state index in [4.69, 9.17) is 0 Å². The van der Waals surface area contributed by atoms with Gasteiger partial charge in [0.2, 0.25) is 0 Å². The van der Waals surface area contributed by atoms with Crippen molar-refractivity contribution in [2.75, 3.05) is 13.1 Å². The number of rotatable bonds is 5. The highest BCUT2D eigenvalue weighted by molar-refractivity contribution is 5.51. The van der Waals surface area contributed by atoms with Crippen molar-refractivity contribution in [3.8, 4) is 0 Å². The molecule has 0 saturated heterocycles. The van der Waals surface area contributed by atoms with Crippen LogP contribution < -0.4 is 0 Å². The fourth-order valence-corrected chi connectivity index (χ4v) is 1.57. The smallest absolute Gasteiger partial charge is 0.0239 e. The van der Waals surface area contributed by atoms with Crippen LogP contribution in [-0.2, 0) is 6.54 Å². The summed E-state index contributed by atoms with van der Waals surface area (Å²) < 4.78 is 0. The van der Waals surface area contributed by atoms with Crippen LogP contribution in [0.4, 0.5) is 0 Å². The Labute approximate surface area is 87.1 Å². The van der Waals surface area contributed by atoms with Gasteiger partial charge in [0.25, 0.3) is 0 Å². The van der Waals surface area contributed by atoms with E-state index in [1.54, 1.807) is 0 Å². The van der Waals surface area contributed by atoms with Crippen LogP contribution in [0.5, 0.6) is 0 Å². The minimum atomic E-state index is 1.02. The summed E-state index contributed by atoms with van der Waals surface area (Å²) in [6.07, 6.45) is 1.93. The van der Waals surface area contributed by atoms with E-state index in [-0.39, 0.29) is 0 Å². The molecule has 1 heteroatoms. The van der Waals surface area contributed by atoms with E-state index in [0.29, 0.717) is 0 Å². The zero-order chi connectivity index (χ0) is 10.4. The normalized spacial score (nSPS) is 10.5. The Hall–Kier alpha value is -1.08. The average molecular weight is 189 g/mol. The summed E-state index contributed by atoms with van der Waals surface area (Å²) in [5.74, 6) is 0. The molecule has 0 aromatic heterocycles. The summed E-state index contributed by atoms with van der Waals surface area (Å²) >= 11 is 0. The topological polar surface area (TPSA) is 3.24 Å². The van der Waals surface area contributed by atoms with Crippen molar-refractivity contribution in [2.45, 2.75) is 20.4 Å². The van der Waals surface area contributed by atoms with Crippen molar-refractivity contribution in [1.29, 1.82) is 0 Å². The first-order chi connectivity index (χ1) is 6.81. The van der Waals surface area contributed by atoms with E-state index in [1.807, 2.05) is 6.08 Å². The van der Waals surface area contributed by atoms with Crippen molar-refractivity contribution in [2.24, 2.45) is 0 Å². The zero-order valence-electron chi connectivity index (χ0n) is 9.16. The Balaban J connectivity index is 2.79. The molecule has 76 valence electrons. The Kier molecular flexibility index (Phi) is 4.41. The van der Waals surface area contributed by atoms with E-state index >= 15 is 0 Å². The van der Waals surface area contributed by atoms with Gasteiger partial charge in [-0.3, -0.25) is 4.90 Å². The van der Waals surface area contributed by atoms with Gasteiger partial charge in [-0.15, -0.1) is 0 Å². The van der Waals surface area contributed by atoms with Crippen molar-refractivity contribution in [1.82, 2.24) is 4.90 Å². The zero-order valence-corrected chi connectivity index (χ0v) is 9.16. The molecular weight excluding hydrogens is 170 g/mol. The molecule has 0 saturated carbocycles. The molecule has 0 bridgehead atoms. The van der Waals surface area contributed by atoms with Gasteiger partial charge in [0.05, 0.1) is 0 Å². The highest BCUT2D eigenvalue weighted by atomic mass is 15.1. The van der Waals surface area contributed by atoms with Gasteiger partial charge in [-0.05, 0) is 24.2 Å². The maximum atomic E-state index is 3.83. The van der Waals surface area contributed by atoms with Gasteiger partial charge in [0, 0.05) is 6.54 Å². The second-order valence-electron chi connectivity index (χ2n) is 3.36. The van der Waals surface area contributed by atoms with E-state index in [2.05, 4.69) is 49.6 Å². The second kappa shape index (κ2) is 5.61. The number of hydrogen-bond donors (Lipinski definition) is 0. The lowest BCUT2D eigenvalue weighted by Gasteiger charge is -2.19. The molecule has 14 heavy (non-hydrogen) atoms. The van der Waals surface area contributed by atoms with Crippen molar-refractivity contribution in [3.05, 3.63) is 42.0 Å². The molecule has 0 unspecified atom stereocenters. The van der Waals surface area contributed by atoms with Gasteiger partial charge in [0.15, 0.2) is 0 Å². The number of hydrogen-bond acceptors (Lipinski definition) is 1. The Morgan fingerprint density at radius 3 is 2.43 bits per heavy atom. The molecule has 0 heterocycles. The third-order valence-electron chi connectivity index (χ3n) is 2.56. The molecule has 0 fully saturated rings. The summed E-state index contributed by atoms with van der Waals surface area (Å²) in [7, 11) is 0. The summed E-state index contributed by atoms with van der Waals surface area (Å²) in [4.78, 5) is 2.41. The minimum absolute atomic E-state index is 1.02. The van der Waals surface area contributed by atoms with Gasteiger partial charge in [0.1, 0.15) is 0 Å². The van der Waals surface area contributed by atoms with Crippen LogP contribution in [0.2, 0.25) is 0 Å². The first kappa shape index (κ1) is 11.0. The van der Waals surface area contributed by atoms with E-state index in [1.165, 1.54) is 11.1 Å². The molecule has 0 atom stereocenters. The third kappa shape index (κ3) is 2.71. The summed E-state index contributed by atoms with van der Waals surface area (Å²) in [6.45, 7) is 11.4. The fourth-order valence-electron chi connectivity index (χ4n) is 1.57. The summed E-state index contributed by atoms with van der Waals surface area (Å²) in [5, 5.41) is 0. The lowest BCUT2D eigenvalue weighted by atomic mass is 10.1. The monoisotopic (exact) mass is 189 g/mol. The predicted octanol–water partition coefficient (Wildman–Crippen LogP) is 3.17. The number of benzene rings is 1. The molecule has 0 amide bonds. The van der Waals surface area contributed by atoms with E-state index in [9.17, 15) is 0 Å². The Morgan fingerprint density at radius 2 is 1.86 bits per heavy atom. The standard InChI is InChI=1S/C13H19N/c1-4-12-9-7-8-10-13(12)11-14(5-2)6-3/h4,7-10H,1,5-6,11H2,2-3H3. The average Bonchev–Trinajstić information content (AvgIpc) is 2.26. The molecule has 1 aromatic rings. The molecule has 1 nitrogen and oxygen atoms in total. The highest BCUT2D eigenvalue weighted by Gasteiger charge is 2.03. The van der Waals surface area contributed by atoms with Gasteiger partial charge in [-0.25, -0.2) is 0 Å². The Bertz CT molecular complexity index is 287. The molecule has 0 aliphatic rings. The molecule has 1 rings (SSSR count). The van der Waals surface area contributed by atoms with Gasteiger partial charge < -0.3 is 0 Å². The molecule has 0 radical (unpaired) electrons. The molecule has 1 aromatic carbocycles. The third-order valence-corrected chi connectivity index (χ3v) is 2.56. The van der Waals surface area contributed by atoms with Crippen molar-refractivity contribution >= 4 is 6.08 Å². The summed E-state index contributed by atoms with van der Waals surface area (Å²) in [6, 6.07) is 8.44. The van der Waals surface area contributed by atoms with Gasteiger partial charge >= 0.3 is 0 Å². The van der Waals surface area contributed by atoms with Crippen LogP contribution in [-0.4, -0.2) is 18.0 Å². The predicted molar refractivity (Wildman–Crippen MR) is 63.2 cm³/mol. The highest BCUT2D eigenvalue weighted by Crippen LogP contribution is 2.12. The van der Waals surface area contributed by atoms with Gasteiger partial charge in [-0.2, -0.15) is 0 Å². The SMILES string of the molecule is C=Cc1ccccc1CN(CC)CC. The first-order valence-corrected chi connectivity index (χ1v) is 5.24. The van der Waals surface area contributed by atoms with Crippen LogP contribution in [0, 0.1) is 0 Å². The maximum Gasteiger partial charge on any atom is 0.0239 e. The summed E-state index contributed by atoms with van der Waals surface area (Å²) in [5.41, 5.74) is 2.62. The molecule has 0 aliphatic heterocycles. The van der Waals surface area contributed by atoms with Gasteiger partial charge in [-0.1, -0.05) is 50.8 Å². The quantitative estimate of drug-likeness (QED) is 0.687. The largest absolute Gasteiger partial charge is 0.300 e. The number of nitrogens with zero attached hydrogens (tertiary/aromatic N) is 1. The fraction of sp³-hybridized carbons (Fsp3) is 0.385. The second-order valence-corrected chi connectivity index (χ2v) is 3.36. The minimum Gasteiger partial charge on any atom is -0.300 e. The van der Waals surface area contributed by atoms with E-state index in [0.717, 1.165) is 19.6 Å².